The molecule has 0 saturated heterocycles. The smallest absolute Gasteiger partial charge is 0.228 e. The average molecular weight is 438 g/mol. The monoisotopic (exact) mass is 437 g/mol. The Morgan fingerprint density at radius 2 is 1.97 bits per heavy atom. The first kappa shape index (κ1) is 21.3. The van der Waals surface area contributed by atoms with Crippen LogP contribution in [0, 0.1) is 12.8 Å². The lowest BCUT2D eigenvalue weighted by molar-refractivity contribution is -0.120. The highest BCUT2D eigenvalue weighted by atomic mass is 32.1. The highest BCUT2D eigenvalue weighted by Crippen LogP contribution is 2.31. The van der Waals surface area contributed by atoms with Crippen LogP contribution in [0.4, 0.5) is 5.69 Å². The summed E-state index contributed by atoms with van der Waals surface area (Å²) in [5.74, 6) is 1.56. The van der Waals surface area contributed by atoms with Crippen molar-refractivity contribution in [1.29, 1.82) is 0 Å². The lowest BCUT2D eigenvalue weighted by Crippen LogP contribution is -2.24. The fourth-order valence-electron chi connectivity index (χ4n) is 3.99. The van der Waals surface area contributed by atoms with Gasteiger partial charge in [-0.15, -0.1) is 0 Å². The largest absolute Gasteiger partial charge is 0.441 e. The predicted octanol–water partition coefficient (Wildman–Crippen LogP) is 5.09. The van der Waals surface area contributed by atoms with Crippen molar-refractivity contribution in [2.45, 2.75) is 52.0 Å². The van der Waals surface area contributed by atoms with E-state index in [2.05, 4.69) is 15.6 Å². The lowest BCUT2D eigenvalue weighted by Gasteiger charge is -2.11. The molecule has 0 radical (unpaired) electrons. The molecule has 6 nitrogen and oxygen atoms in total. The number of nitrogens with zero attached hydrogens (tertiary/aromatic N) is 1. The third kappa shape index (κ3) is 5.61. The van der Waals surface area contributed by atoms with E-state index in [1.54, 1.807) is 11.3 Å². The zero-order chi connectivity index (χ0) is 21.6. The summed E-state index contributed by atoms with van der Waals surface area (Å²) in [4.78, 5) is 29.3. The van der Waals surface area contributed by atoms with Crippen molar-refractivity contribution in [3.8, 4) is 11.5 Å². The molecule has 1 aromatic carbocycles. The molecule has 1 aliphatic carbocycles. The Morgan fingerprint density at radius 3 is 2.74 bits per heavy atom. The summed E-state index contributed by atoms with van der Waals surface area (Å²) in [5.41, 5.74) is 3.11. The van der Waals surface area contributed by atoms with E-state index in [9.17, 15) is 9.59 Å². The lowest BCUT2D eigenvalue weighted by atomic mass is 10.0. The zero-order valence-electron chi connectivity index (χ0n) is 17.6. The molecule has 2 amide bonds. The predicted molar refractivity (Wildman–Crippen MR) is 122 cm³/mol. The van der Waals surface area contributed by atoms with Crippen LogP contribution in [0.15, 0.2) is 45.5 Å². The highest BCUT2D eigenvalue weighted by Gasteiger charge is 2.20. The number of aromatic nitrogens is 1. The Bertz CT molecular complexity index is 1040. The van der Waals surface area contributed by atoms with Crippen molar-refractivity contribution in [1.82, 2.24) is 10.3 Å². The van der Waals surface area contributed by atoms with Gasteiger partial charge in [-0.2, -0.15) is 11.3 Å². The van der Waals surface area contributed by atoms with Gasteiger partial charge in [0.25, 0.3) is 0 Å². The number of thiophene rings is 1. The van der Waals surface area contributed by atoms with E-state index in [0.717, 1.165) is 24.0 Å². The average Bonchev–Trinajstić information content (AvgIpc) is 3.50. The Labute approximate surface area is 186 Å². The maximum absolute atomic E-state index is 12.5. The van der Waals surface area contributed by atoms with Gasteiger partial charge in [0.15, 0.2) is 0 Å². The molecule has 31 heavy (non-hydrogen) atoms. The minimum atomic E-state index is -0.0538. The summed E-state index contributed by atoms with van der Waals surface area (Å²) in [6.45, 7) is 2.13. The highest BCUT2D eigenvalue weighted by molar-refractivity contribution is 7.08. The standard InChI is InChI=1S/C24H27N3O3S/c1-16-21(14-25-22(28)13-18-10-11-31-15-18)27-24(30-16)19-8-4-5-9-20(19)26-23(29)12-17-6-2-3-7-17/h4-5,8-11,15,17H,2-3,6-7,12-14H2,1H3,(H,25,28)(H,26,29). The van der Waals surface area contributed by atoms with Gasteiger partial charge in [-0.1, -0.05) is 25.0 Å². The molecule has 1 aliphatic rings. The topological polar surface area (TPSA) is 84.2 Å². The van der Waals surface area contributed by atoms with Crippen LogP contribution < -0.4 is 10.6 Å². The Balaban J connectivity index is 1.41. The van der Waals surface area contributed by atoms with E-state index in [1.807, 2.05) is 48.0 Å². The zero-order valence-corrected chi connectivity index (χ0v) is 18.5. The quantitative estimate of drug-likeness (QED) is 0.514. The summed E-state index contributed by atoms with van der Waals surface area (Å²) < 4.78 is 5.88. The first-order chi connectivity index (χ1) is 15.1. The van der Waals surface area contributed by atoms with Crippen LogP contribution in [-0.2, 0) is 22.6 Å². The first-order valence-corrected chi connectivity index (χ1v) is 11.7. The number of aryl methyl sites for hydroxylation is 1. The number of hydrogen-bond acceptors (Lipinski definition) is 5. The van der Waals surface area contributed by atoms with Gasteiger partial charge in [-0.05, 0) is 60.2 Å². The van der Waals surface area contributed by atoms with Crippen LogP contribution in [0.1, 0.15) is 49.1 Å². The molecule has 2 aromatic heterocycles. The second kappa shape index (κ2) is 9.92. The van der Waals surface area contributed by atoms with Gasteiger partial charge in [0.05, 0.1) is 24.2 Å². The Kier molecular flexibility index (Phi) is 6.82. The van der Waals surface area contributed by atoms with Gasteiger partial charge in [0.1, 0.15) is 11.5 Å². The third-order valence-corrected chi connectivity index (χ3v) is 6.40. The summed E-state index contributed by atoms with van der Waals surface area (Å²) in [6, 6.07) is 9.47. The second-order valence-electron chi connectivity index (χ2n) is 8.06. The van der Waals surface area contributed by atoms with Crippen molar-refractivity contribution in [2.75, 3.05) is 5.32 Å². The van der Waals surface area contributed by atoms with E-state index in [0.29, 0.717) is 48.3 Å². The number of benzene rings is 1. The molecule has 2 heterocycles. The van der Waals surface area contributed by atoms with E-state index in [1.165, 1.54) is 12.8 Å². The van der Waals surface area contributed by atoms with Crippen molar-refractivity contribution < 1.29 is 14.0 Å². The molecule has 7 heteroatoms. The number of carbonyl (C=O) groups excluding carboxylic acids is 2. The van der Waals surface area contributed by atoms with Crippen LogP contribution in [-0.4, -0.2) is 16.8 Å². The maximum atomic E-state index is 12.5. The van der Waals surface area contributed by atoms with E-state index in [4.69, 9.17) is 4.42 Å². The molecule has 0 atom stereocenters. The molecule has 0 unspecified atom stereocenters. The molecule has 162 valence electrons. The second-order valence-corrected chi connectivity index (χ2v) is 8.84. The number of carbonyl (C=O) groups is 2. The molecular weight excluding hydrogens is 410 g/mol. The van der Waals surface area contributed by atoms with Gasteiger partial charge in [-0.25, -0.2) is 4.98 Å². The van der Waals surface area contributed by atoms with Crippen LogP contribution >= 0.6 is 11.3 Å². The van der Waals surface area contributed by atoms with Crippen molar-refractivity contribution >= 4 is 28.8 Å². The normalized spacial score (nSPS) is 14.0. The fraction of sp³-hybridized carbons (Fsp3) is 0.375. The molecule has 0 spiro atoms. The molecule has 0 bridgehead atoms. The molecule has 1 fully saturated rings. The number of hydrogen-bond donors (Lipinski definition) is 2. The first-order valence-electron chi connectivity index (χ1n) is 10.7. The van der Waals surface area contributed by atoms with Crippen LogP contribution in [0.2, 0.25) is 0 Å². The van der Waals surface area contributed by atoms with Gasteiger partial charge in [0.2, 0.25) is 17.7 Å². The van der Waals surface area contributed by atoms with Crippen molar-refractivity contribution in [2.24, 2.45) is 5.92 Å². The summed E-state index contributed by atoms with van der Waals surface area (Å²) in [6.07, 6.45) is 5.61. The molecule has 3 aromatic rings. The number of anilines is 1. The molecule has 2 N–H and O–H groups in total. The number of amides is 2. The van der Waals surface area contributed by atoms with E-state index >= 15 is 0 Å². The van der Waals surface area contributed by atoms with Crippen LogP contribution in [0.25, 0.3) is 11.5 Å². The molecular formula is C24H27N3O3S. The van der Waals surface area contributed by atoms with Crippen molar-refractivity contribution in [3.05, 3.63) is 58.1 Å². The maximum Gasteiger partial charge on any atom is 0.228 e. The van der Waals surface area contributed by atoms with Crippen molar-refractivity contribution in [3.63, 3.8) is 0 Å². The number of para-hydroxylation sites is 1. The van der Waals surface area contributed by atoms with E-state index in [-0.39, 0.29) is 11.8 Å². The van der Waals surface area contributed by atoms with Gasteiger partial charge >= 0.3 is 0 Å². The molecule has 0 aliphatic heterocycles. The Hall–Kier alpha value is -2.93. The van der Waals surface area contributed by atoms with Crippen LogP contribution in [0.5, 0.6) is 0 Å². The van der Waals surface area contributed by atoms with Gasteiger partial charge in [0, 0.05) is 6.42 Å². The fourth-order valence-corrected chi connectivity index (χ4v) is 4.66. The number of rotatable bonds is 8. The van der Waals surface area contributed by atoms with E-state index < -0.39 is 0 Å². The number of oxazole rings is 1. The summed E-state index contributed by atoms with van der Waals surface area (Å²) >= 11 is 1.58. The summed E-state index contributed by atoms with van der Waals surface area (Å²) in [5, 5.41) is 9.86. The minimum Gasteiger partial charge on any atom is -0.441 e. The van der Waals surface area contributed by atoms with Crippen LogP contribution in [0.3, 0.4) is 0 Å². The SMILES string of the molecule is Cc1oc(-c2ccccc2NC(=O)CC2CCCC2)nc1CNC(=O)Cc1ccsc1. The van der Waals surface area contributed by atoms with Gasteiger partial charge in [-0.3, -0.25) is 9.59 Å². The Morgan fingerprint density at radius 1 is 1.16 bits per heavy atom. The number of nitrogens with one attached hydrogen (secondary N) is 2. The third-order valence-electron chi connectivity index (χ3n) is 5.67. The summed E-state index contributed by atoms with van der Waals surface area (Å²) in [7, 11) is 0. The minimum absolute atomic E-state index is 0.0311. The van der Waals surface area contributed by atoms with Gasteiger partial charge < -0.3 is 15.1 Å². The molecule has 1 saturated carbocycles. The molecule has 4 rings (SSSR count).